The van der Waals surface area contributed by atoms with Crippen LogP contribution in [0.4, 0.5) is 0 Å². The number of rotatable bonds is 1. The van der Waals surface area contributed by atoms with Gasteiger partial charge in [0.05, 0.1) is 21.1 Å². The lowest BCUT2D eigenvalue weighted by Crippen LogP contribution is -2.14. The number of hydrogen-bond acceptors (Lipinski definition) is 1. The molecule has 3 nitrogen and oxygen atoms in total. The molecule has 14 heavy (non-hydrogen) atoms. The Kier molecular flexibility index (Phi) is 2.29. The molecule has 0 spiro atoms. The summed E-state index contributed by atoms with van der Waals surface area (Å²) in [6.07, 6.45) is 0. The van der Waals surface area contributed by atoms with Crippen LogP contribution in [-0.4, -0.2) is 9.55 Å². The summed E-state index contributed by atoms with van der Waals surface area (Å²) in [5.74, 6) is 0. The van der Waals surface area contributed by atoms with Gasteiger partial charge in [-0.2, -0.15) is 0 Å². The van der Waals surface area contributed by atoms with Gasteiger partial charge >= 0.3 is 5.69 Å². The molecule has 1 N–H and O–H groups in total. The number of benzene rings is 1. The Hall–Kier alpha value is -0.930. The molecule has 0 fully saturated rings. The molecule has 0 saturated carbocycles. The van der Waals surface area contributed by atoms with Crippen LogP contribution < -0.4 is 5.69 Å². The van der Waals surface area contributed by atoms with Gasteiger partial charge in [-0.3, -0.25) is 4.57 Å². The molecule has 1 aromatic heterocycles. The van der Waals surface area contributed by atoms with Gasteiger partial charge in [0.15, 0.2) is 0 Å². The van der Waals surface area contributed by atoms with Gasteiger partial charge in [0.25, 0.3) is 0 Å². The Labute approximate surface area is 90.2 Å². The normalized spacial score (nSPS) is 11.1. The monoisotopic (exact) mass is 230 g/mol. The first-order valence-electron chi connectivity index (χ1n) is 4.21. The first-order valence-corrected chi connectivity index (χ1v) is 4.97. The van der Waals surface area contributed by atoms with Crippen molar-refractivity contribution in [2.45, 2.75) is 13.5 Å². The van der Waals surface area contributed by atoms with E-state index in [-0.39, 0.29) is 5.69 Å². The van der Waals surface area contributed by atoms with E-state index in [2.05, 4.69) is 4.98 Å². The number of H-pyrrole nitrogens is 1. The first-order chi connectivity index (χ1) is 6.65. The van der Waals surface area contributed by atoms with Crippen LogP contribution in [-0.2, 0) is 6.54 Å². The molecule has 0 atom stereocenters. The van der Waals surface area contributed by atoms with Crippen molar-refractivity contribution >= 4 is 34.2 Å². The highest BCUT2D eigenvalue weighted by molar-refractivity contribution is 6.44. The second-order valence-electron chi connectivity index (χ2n) is 2.93. The average molecular weight is 231 g/mol. The summed E-state index contributed by atoms with van der Waals surface area (Å²) >= 11 is 11.8. The van der Waals surface area contributed by atoms with Crippen molar-refractivity contribution in [2.75, 3.05) is 0 Å². The molecule has 0 amide bonds. The molecule has 2 aromatic rings. The van der Waals surface area contributed by atoms with Gasteiger partial charge in [-0.25, -0.2) is 4.79 Å². The number of aromatic amines is 1. The van der Waals surface area contributed by atoms with Crippen molar-refractivity contribution in [1.82, 2.24) is 9.55 Å². The standard InChI is InChI=1S/C9H8Cl2N2O/c1-2-13-6-4-3-5(10)7(11)8(6)12-9(13)14/h3-4H,2H2,1H3,(H,12,14). The number of aromatic nitrogens is 2. The van der Waals surface area contributed by atoms with Gasteiger partial charge in [0.2, 0.25) is 0 Å². The molecule has 0 aliphatic heterocycles. The molecule has 74 valence electrons. The number of fused-ring (bicyclic) bond motifs is 1. The lowest BCUT2D eigenvalue weighted by Gasteiger charge is -1.99. The molecule has 0 aliphatic carbocycles. The van der Waals surface area contributed by atoms with E-state index in [1.807, 2.05) is 6.92 Å². The van der Waals surface area contributed by atoms with Gasteiger partial charge in [0.1, 0.15) is 0 Å². The summed E-state index contributed by atoms with van der Waals surface area (Å²) in [4.78, 5) is 14.1. The van der Waals surface area contributed by atoms with Gasteiger partial charge in [-0.15, -0.1) is 0 Å². The number of aryl methyl sites for hydroxylation is 1. The summed E-state index contributed by atoms with van der Waals surface area (Å²) in [5, 5.41) is 0.845. The second-order valence-corrected chi connectivity index (χ2v) is 3.72. The van der Waals surface area contributed by atoms with Crippen molar-refractivity contribution in [2.24, 2.45) is 0 Å². The maximum atomic E-state index is 11.4. The Balaban J connectivity index is 2.94. The number of nitrogens with one attached hydrogen (secondary N) is 1. The van der Waals surface area contributed by atoms with E-state index >= 15 is 0 Å². The van der Waals surface area contributed by atoms with Gasteiger partial charge in [-0.1, -0.05) is 23.2 Å². The molecule has 5 heteroatoms. The number of hydrogen-bond donors (Lipinski definition) is 1. The molecule has 1 heterocycles. The minimum Gasteiger partial charge on any atom is -0.304 e. The molecule has 0 unspecified atom stereocenters. The van der Waals surface area contributed by atoms with Gasteiger partial charge in [-0.05, 0) is 19.1 Å². The van der Waals surface area contributed by atoms with Crippen LogP contribution in [0.1, 0.15) is 6.92 Å². The Morgan fingerprint density at radius 3 is 2.79 bits per heavy atom. The zero-order valence-corrected chi connectivity index (χ0v) is 8.99. The lowest BCUT2D eigenvalue weighted by atomic mass is 10.3. The van der Waals surface area contributed by atoms with Crippen molar-refractivity contribution < 1.29 is 0 Å². The Morgan fingerprint density at radius 2 is 2.14 bits per heavy atom. The Bertz CT molecular complexity index is 541. The van der Waals surface area contributed by atoms with Crippen LogP contribution in [0.25, 0.3) is 11.0 Å². The van der Waals surface area contributed by atoms with Crippen LogP contribution in [0.2, 0.25) is 10.0 Å². The van der Waals surface area contributed by atoms with E-state index in [0.717, 1.165) is 5.52 Å². The topological polar surface area (TPSA) is 37.8 Å². The van der Waals surface area contributed by atoms with E-state index in [1.54, 1.807) is 16.7 Å². The number of halogens is 2. The average Bonchev–Trinajstić information content (AvgIpc) is 2.49. The van der Waals surface area contributed by atoms with E-state index in [4.69, 9.17) is 23.2 Å². The van der Waals surface area contributed by atoms with E-state index in [9.17, 15) is 4.79 Å². The molecule has 0 aliphatic rings. The highest BCUT2D eigenvalue weighted by atomic mass is 35.5. The summed E-state index contributed by atoms with van der Waals surface area (Å²) in [6.45, 7) is 2.51. The van der Waals surface area contributed by atoms with E-state index in [0.29, 0.717) is 22.1 Å². The van der Waals surface area contributed by atoms with Crippen molar-refractivity contribution in [3.63, 3.8) is 0 Å². The first kappa shape index (κ1) is 9.62. The Morgan fingerprint density at radius 1 is 1.43 bits per heavy atom. The van der Waals surface area contributed by atoms with Crippen LogP contribution in [0.3, 0.4) is 0 Å². The fourth-order valence-electron chi connectivity index (χ4n) is 1.48. The molecule has 0 radical (unpaired) electrons. The third-order valence-electron chi connectivity index (χ3n) is 2.16. The van der Waals surface area contributed by atoms with Gasteiger partial charge < -0.3 is 4.98 Å². The second kappa shape index (κ2) is 3.33. The molecule has 0 saturated heterocycles. The van der Waals surface area contributed by atoms with Crippen molar-refractivity contribution in [3.05, 3.63) is 32.7 Å². The summed E-state index contributed by atoms with van der Waals surface area (Å²) in [6, 6.07) is 3.47. The largest absolute Gasteiger partial charge is 0.326 e. The molecular formula is C9H8Cl2N2O. The third kappa shape index (κ3) is 1.24. The SMILES string of the molecule is CCn1c(=O)[nH]c2c(Cl)c(Cl)ccc21. The predicted molar refractivity (Wildman–Crippen MR) is 58.3 cm³/mol. The smallest absolute Gasteiger partial charge is 0.304 e. The minimum atomic E-state index is -0.160. The van der Waals surface area contributed by atoms with E-state index in [1.165, 1.54) is 0 Å². The summed E-state index contributed by atoms with van der Waals surface area (Å²) in [5.41, 5.74) is 1.23. The summed E-state index contributed by atoms with van der Waals surface area (Å²) in [7, 11) is 0. The molecule has 2 rings (SSSR count). The zero-order valence-electron chi connectivity index (χ0n) is 7.47. The van der Waals surface area contributed by atoms with Crippen LogP contribution in [0.5, 0.6) is 0 Å². The fraction of sp³-hybridized carbons (Fsp3) is 0.222. The van der Waals surface area contributed by atoms with Crippen molar-refractivity contribution in [3.8, 4) is 0 Å². The highest BCUT2D eigenvalue weighted by Gasteiger charge is 2.10. The minimum absolute atomic E-state index is 0.160. The number of nitrogens with zero attached hydrogens (tertiary/aromatic N) is 1. The van der Waals surface area contributed by atoms with Crippen LogP contribution in [0.15, 0.2) is 16.9 Å². The molecule has 0 bridgehead atoms. The zero-order chi connectivity index (χ0) is 10.3. The van der Waals surface area contributed by atoms with Crippen LogP contribution in [0, 0.1) is 0 Å². The number of imidazole rings is 1. The summed E-state index contributed by atoms with van der Waals surface area (Å²) < 4.78 is 1.61. The highest BCUT2D eigenvalue weighted by Crippen LogP contribution is 2.28. The predicted octanol–water partition coefficient (Wildman–Crippen LogP) is 2.66. The van der Waals surface area contributed by atoms with Crippen LogP contribution >= 0.6 is 23.2 Å². The maximum Gasteiger partial charge on any atom is 0.326 e. The fourth-order valence-corrected chi connectivity index (χ4v) is 1.85. The third-order valence-corrected chi connectivity index (χ3v) is 2.96. The maximum absolute atomic E-state index is 11.4. The quantitative estimate of drug-likeness (QED) is 0.804. The molecular weight excluding hydrogens is 223 g/mol. The van der Waals surface area contributed by atoms with Crippen molar-refractivity contribution in [1.29, 1.82) is 0 Å². The lowest BCUT2D eigenvalue weighted by molar-refractivity contribution is 0.753. The van der Waals surface area contributed by atoms with E-state index < -0.39 is 0 Å². The molecule has 1 aromatic carbocycles. The van der Waals surface area contributed by atoms with Gasteiger partial charge in [0, 0.05) is 6.54 Å².